The van der Waals surface area contributed by atoms with Crippen LogP contribution in [0.4, 0.5) is 0 Å². The van der Waals surface area contributed by atoms with E-state index in [0.29, 0.717) is 5.58 Å². The summed E-state index contributed by atoms with van der Waals surface area (Å²) in [7, 11) is 0. The van der Waals surface area contributed by atoms with E-state index in [1.807, 2.05) is 0 Å². The van der Waals surface area contributed by atoms with Crippen molar-refractivity contribution < 1.29 is 19.2 Å². The van der Waals surface area contributed by atoms with Gasteiger partial charge in [-0.25, -0.2) is 4.79 Å². The van der Waals surface area contributed by atoms with Gasteiger partial charge < -0.3 is 14.4 Å². The first-order chi connectivity index (χ1) is 7.18. The average Bonchev–Trinajstić information content (AvgIpc) is 2.65. The first kappa shape index (κ1) is 9.79. The monoisotopic (exact) mass is 227 g/mol. The second-order valence-electron chi connectivity index (χ2n) is 2.80. The van der Waals surface area contributed by atoms with Crippen molar-refractivity contribution in [2.75, 3.05) is 6.61 Å². The van der Waals surface area contributed by atoms with Crippen molar-refractivity contribution in [2.45, 2.75) is 0 Å². The predicted molar refractivity (Wildman–Crippen MR) is 52.1 cm³/mol. The number of aromatic nitrogens is 1. The Morgan fingerprint density at radius 1 is 1.60 bits per heavy atom. The lowest BCUT2D eigenvalue weighted by Crippen LogP contribution is -2.09. The lowest BCUT2D eigenvalue weighted by Gasteiger charge is -2.04. The molecule has 0 atom stereocenters. The number of rotatable bonds is 3. The topological polar surface area (TPSA) is 72.6 Å². The van der Waals surface area contributed by atoms with Gasteiger partial charge in [0, 0.05) is 5.39 Å². The highest BCUT2D eigenvalue weighted by molar-refractivity contribution is 6.36. The average molecular weight is 228 g/mol. The van der Waals surface area contributed by atoms with Crippen LogP contribution in [0, 0.1) is 0 Å². The summed E-state index contributed by atoms with van der Waals surface area (Å²) in [6, 6.07) is 3.26. The van der Waals surface area contributed by atoms with Crippen molar-refractivity contribution in [1.29, 1.82) is 0 Å². The molecule has 0 saturated carbocycles. The molecule has 2 rings (SSSR count). The summed E-state index contributed by atoms with van der Waals surface area (Å²) < 4.78 is 9.84. The Kier molecular flexibility index (Phi) is 2.47. The van der Waals surface area contributed by atoms with Crippen molar-refractivity contribution >= 4 is 28.5 Å². The van der Waals surface area contributed by atoms with Crippen LogP contribution < -0.4 is 4.74 Å². The molecule has 0 spiro atoms. The van der Waals surface area contributed by atoms with Crippen molar-refractivity contribution in [3.05, 3.63) is 23.4 Å². The van der Waals surface area contributed by atoms with E-state index in [1.54, 1.807) is 12.1 Å². The van der Waals surface area contributed by atoms with Crippen molar-refractivity contribution in [1.82, 2.24) is 5.16 Å². The van der Waals surface area contributed by atoms with Crippen LogP contribution in [0.2, 0.25) is 5.02 Å². The zero-order valence-electron chi connectivity index (χ0n) is 7.44. The molecule has 0 aliphatic carbocycles. The smallest absolute Gasteiger partial charge is 0.341 e. The summed E-state index contributed by atoms with van der Waals surface area (Å²) in [6.45, 7) is -0.445. The third-order valence-electron chi connectivity index (χ3n) is 1.78. The van der Waals surface area contributed by atoms with Crippen LogP contribution in [-0.2, 0) is 4.79 Å². The second kappa shape index (κ2) is 3.78. The fourth-order valence-corrected chi connectivity index (χ4v) is 1.40. The number of carboxylic acid groups (broad SMARTS) is 1. The highest BCUT2D eigenvalue weighted by Crippen LogP contribution is 2.32. The van der Waals surface area contributed by atoms with E-state index in [-0.39, 0.29) is 10.8 Å². The Balaban J connectivity index is 2.35. The minimum absolute atomic E-state index is 0.228. The maximum absolute atomic E-state index is 10.3. The number of nitrogens with zero attached hydrogens (tertiary/aromatic N) is 1. The van der Waals surface area contributed by atoms with Crippen molar-refractivity contribution in [3.63, 3.8) is 0 Å². The van der Waals surface area contributed by atoms with Gasteiger partial charge in [-0.1, -0.05) is 16.8 Å². The zero-order valence-corrected chi connectivity index (χ0v) is 8.19. The molecular weight excluding hydrogens is 222 g/mol. The number of aliphatic carboxylic acids is 1. The number of hydrogen-bond donors (Lipinski definition) is 1. The highest BCUT2D eigenvalue weighted by atomic mass is 35.5. The van der Waals surface area contributed by atoms with E-state index in [1.165, 1.54) is 6.20 Å². The molecule has 0 aliphatic rings. The van der Waals surface area contributed by atoms with Gasteiger partial charge in [-0.3, -0.25) is 0 Å². The van der Waals surface area contributed by atoms with Crippen LogP contribution in [-0.4, -0.2) is 22.8 Å². The van der Waals surface area contributed by atoms with Crippen molar-refractivity contribution in [3.8, 4) is 5.75 Å². The van der Waals surface area contributed by atoms with Gasteiger partial charge in [0.1, 0.15) is 10.8 Å². The molecule has 1 N–H and O–H groups in total. The molecule has 1 aromatic heterocycles. The fourth-order valence-electron chi connectivity index (χ4n) is 1.13. The van der Waals surface area contributed by atoms with Crippen LogP contribution in [0.1, 0.15) is 0 Å². The molecule has 78 valence electrons. The summed E-state index contributed by atoms with van der Waals surface area (Å²) in [6.07, 6.45) is 1.52. The molecule has 0 fully saturated rings. The molecule has 1 aromatic carbocycles. The summed E-state index contributed by atoms with van der Waals surface area (Å²) >= 11 is 5.91. The Labute approximate surface area is 89.2 Å². The zero-order chi connectivity index (χ0) is 10.8. The van der Waals surface area contributed by atoms with E-state index in [4.69, 9.17) is 26.0 Å². The molecule has 6 heteroatoms. The maximum Gasteiger partial charge on any atom is 0.341 e. The van der Waals surface area contributed by atoms with E-state index in [9.17, 15) is 4.79 Å². The molecule has 0 unspecified atom stereocenters. The van der Waals surface area contributed by atoms with Gasteiger partial charge in [-0.05, 0) is 12.1 Å². The number of carboxylic acids is 1. The molecule has 0 aliphatic heterocycles. The SMILES string of the molecule is O=C(O)COc1ccc2cnoc2c1Cl. The van der Waals surface area contributed by atoms with Gasteiger partial charge in [0.05, 0.1) is 6.20 Å². The largest absolute Gasteiger partial charge is 0.480 e. The molecule has 5 nitrogen and oxygen atoms in total. The van der Waals surface area contributed by atoms with Crippen LogP contribution in [0.25, 0.3) is 11.0 Å². The fraction of sp³-hybridized carbons (Fsp3) is 0.111. The number of hydrogen-bond acceptors (Lipinski definition) is 4. The van der Waals surface area contributed by atoms with Gasteiger partial charge in [0.15, 0.2) is 12.2 Å². The van der Waals surface area contributed by atoms with E-state index < -0.39 is 12.6 Å². The standard InChI is InChI=1S/C9H6ClNO4/c10-8-6(14-4-7(12)13)2-1-5-3-11-15-9(5)8/h1-3H,4H2,(H,12,13). The molecule has 0 radical (unpaired) electrons. The molecular formula is C9H6ClNO4. The van der Waals surface area contributed by atoms with Crippen LogP contribution in [0.3, 0.4) is 0 Å². The maximum atomic E-state index is 10.3. The first-order valence-electron chi connectivity index (χ1n) is 4.06. The van der Waals surface area contributed by atoms with Gasteiger partial charge in [0.25, 0.3) is 0 Å². The predicted octanol–water partition coefficient (Wildman–Crippen LogP) is 1.94. The van der Waals surface area contributed by atoms with Gasteiger partial charge in [0.2, 0.25) is 0 Å². The minimum atomic E-state index is -1.07. The third-order valence-corrected chi connectivity index (χ3v) is 2.14. The molecule has 2 aromatic rings. The molecule has 0 saturated heterocycles. The molecule has 0 amide bonds. The quantitative estimate of drug-likeness (QED) is 0.868. The Morgan fingerprint density at radius 2 is 2.40 bits per heavy atom. The summed E-state index contributed by atoms with van der Waals surface area (Å²) in [5.41, 5.74) is 0.388. The second-order valence-corrected chi connectivity index (χ2v) is 3.18. The molecule has 1 heterocycles. The van der Waals surface area contributed by atoms with Crippen molar-refractivity contribution in [2.24, 2.45) is 0 Å². The summed E-state index contributed by atoms with van der Waals surface area (Å²) in [5, 5.41) is 13.0. The Morgan fingerprint density at radius 3 is 3.13 bits per heavy atom. The number of carbonyl (C=O) groups is 1. The lowest BCUT2D eigenvalue weighted by molar-refractivity contribution is -0.139. The summed E-state index contributed by atoms with van der Waals surface area (Å²) in [4.78, 5) is 10.3. The van der Waals surface area contributed by atoms with Gasteiger partial charge in [-0.15, -0.1) is 0 Å². The number of benzene rings is 1. The van der Waals surface area contributed by atoms with Crippen LogP contribution in [0.15, 0.2) is 22.9 Å². The third kappa shape index (κ3) is 1.87. The van der Waals surface area contributed by atoms with Crippen LogP contribution >= 0.6 is 11.6 Å². The highest BCUT2D eigenvalue weighted by Gasteiger charge is 2.11. The minimum Gasteiger partial charge on any atom is -0.480 e. The first-order valence-corrected chi connectivity index (χ1v) is 4.44. The normalized spacial score (nSPS) is 10.5. The van der Waals surface area contributed by atoms with Gasteiger partial charge >= 0.3 is 5.97 Å². The Hall–Kier alpha value is -1.75. The molecule has 15 heavy (non-hydrogen) atoms. The van der Waals surface area contributed by atoms with Crippen LogP contribution in [0.5, 0.6) is 5.75 Å². The van der Waals surface area contributed by atoms with E-state index in [2.05, 4.69) is 5.16 Å². The number of ether oxygens (including phenoxy) is 1. The van der Waals surface area contributed by atoms with E-state index >= 15 is 0 Å². The summed E-state index contributed by atoms with van der Waals surface area (Å²) in [5.74, 6) is -0.799. The molecule has 0 bridgehead atoms. The number of halogens is 1. The van der Waals surface area contributed by atoms with E-state index in [0.717, 1.165) is 5.39 Å². The Bertz CT molecular complexity index is 508. The number of fused-ring (bicyclic) bond motifs is 1. The van der Waals surface area contributed by atoms with Gasteiger partial charge in [-0.2, -0.15) is 0 Å². The lowest BCUT2D eigenvalue weighted by atomic mass is 10.2.